The Morgan fingerprint density at radius 3 is 3.00 bits per heavy atom. The molecular formula is C12H12N2OS. The SMILES string of the molecule is O=C1C(N=Cc2ccccc2)[C@H]2SCCN12. The maximum absolute atomic E-state index is 11.7. The van der Waals surface area contributed by atoms with Gasteiger partial charge in [-0.1, -0.05) is 30.3 Å². The van der Waals surface area contributed by atoms with Crippen LogP contribution in [0.5, 0.6) is 0 Å². The number of carbonyl (C=O) groups excluding carboxylic acids is 1. The van der Waals surface area contributed by atoms with Crippen molar-refractivity contribution in [1.82, 2.24) is 4.90 Å². The predicted octanol–water partition coefficient (Wildman–Crippen LogP) is 1.39. The molecule has 1 unspecified atom stereocenters. The highest BCUT2D eigenvalue weighted by Gasteiger charge is 2.50. The second-order valence-corrected chi connectivity index (χ2v) is 5.15. The van der Waals surface area contributed by atoms with Gasteiger partial charge in [0.2, 0.25) is 0 Å². The summed E-state index contributed by atoms with van der Waals surface area (Å²) in [6, 6.07) is 9.76. The summed E-state index contributed by atoms with van der Waals surface area (Å²) in [7, 11) is 0. The van der Waals surface area contributed by atoms with Crippen LogP contribution in [0.25, 0.3) is 0 Å². The Balaban J connectivity index is 1.72. The van der Waals surface area contributed by atoms with E-state index in [1.165, 1.54) is 0 Å². The van der Waals surface area contributed by atoms with Gasteiger partial charge in [0, 0.05) is 18.5 Å². The van der Waals surface area contributed by atoms with Gasteiger partial charge in [-0.3, -0.25) is 9.79 Å². The summed E-state index contributed by atoms with van der Waals surface area (Å²) < 4.78 is 0. The molecule has 2 heterocycles. The fourth-order valence-corrected chi connectivity index (χ4v) is 3.34. The van der Waals surface area contributed by atoms with Crippen molar-refractivity contribution in [2.45, 2.75) is 11.4 Å². The topological polar surface area (TPSA) is 32.7 Å². The summed E-state index contributed by atoms with van der Waals surface area (Å²) in [5, 5.41) is 0.299. The largest absolute Gasteiger partial charge is 0.325 e. The first-order valence-electron chi connectivity index (χ1n) is 5.36. The molecule has 3 nitrogen and oxygen atoms in total. The number of fused-ring (bicyclic) bond motifs is 1. The first-order valence-corrected chi connectivity index (χ1v) is 6.41. The molecule has 0 saturated carbocycles. The number of hydrogen-bond donors (Lipinski definition) is 0. The van der Waals surface area contributed by atoms with Crippen LogP contribution in [0.4, 0.5) is 0 Å². The number of thioether (sulfide) groups is 1. The minimum absolute atomic E-state index is 0.146. The van der Waals surface area contributed by atoms with Crippen molar-refractivity contribution in [1.29, 1.82) is 0 Å². The third kappa shape index (κ3) is 1.53. The minimum Gasteiger partial charge on any atom is -0.325 e. The molecule has 3 rings (SSSR count). The normalized spacial score (nSPS) is 28.2. The summed E-state index contributed by atoms with van der Waals surface area (Å²) in [5.74, 6) is 1.23. The Morgan fingerprint density at radius 1 is 1.38 bits per heavy atom. The maximum Gasteiger partial charge on any atom is 0.251 e. The number of hydrogen-bond acceptors (Lipinski definition) is 3. The smallest absolute Gasteiger partial charge is 0.251 e. The van der Waals surface area contributed by atoms with Crippen LogP contribution in [0.15, 0.2) is 35.3 Å². The average molecular weight is 232 g/mol. The highest BCUT2D eigenvalue weighted by Crippen LogP contribution is 2.37. The number of amides is 1. The van der Waals surface area contributed by atoms with Gasteiger partial charge in [-0.2, -0.15) is 0 Å². The van der Waals surface area contributed by atoms with Gasteiger partial charge in [-0.05, 0) is 5.56 Å². The molecular weight excluding hydrogens is 220 g/mol. The van der Waals surface area contributed by atoms with E-state index in [2.05, 4.69) is 4.99 Å². The van der Waals surface area contributed by atoms with Crippen molar-refractivity contribution in [2.75, 3.05) is 12.3 Å². The van der Waals surface area contributed by atoms with Crippen LogP contribution in [0.1, 0.15) is 5.56 Å². The summed E-state index contributed by atoms with van der Waals surface area (Å²) in [5.41, 5.74) is 1.05. The Morgan fingerprint density at radius 2 is 2.19 bits per heavy atom. The summed E-state index contributed by atoms with van der Waals surface area (Å²) in [6.45, 7) is 0.894. The van der Waals surface area contributed by atoms with Crippen LogP contribution in [-0.4, -0.2) is 40.7 Å². The van der Waals surface area contributed by atoms with E-state index >= 15 is 0 Å². The lowest BCUT2D eigenvalue weighted by atomic mass is 10.1. The van der Waals surface area contributed by atoms with Crippen LogP contribution in [-0.2, 0) is 4.79 Å². The van der Waals surface area contributed by atoms with Crippen molar-refractivity contribution in [3.8, 4) is 0 Å². The molecule has 0 aromatic heterocycles. The van der Waals surface area contributed by atoms with E-state index in [1.807, 2.05) is 47.0 Å². The summed E-state index contributed by atoms with van der Waals surface area (Å²) in [4.78, 5) is 18.0. The van der Waals surface area contributed by atoms with E-state index in [0.29, 0.717) is 5.37 Å². The van der Waals surface area contributed by atoms with E-state index < -0.39 is 0 Å². The number of rotatable bonds is 2. The van der Waals surface area contributed by atoms with Gasteiger partial charge in [0.1, 0.15) is 5.37 Å². The molecule has 0 spiro atoms. The van der Waals surface area contributed by atoms with Crippen molar-refractivity contribution < 1.29 is 4.79 Å². The minimum atomic E-state index is -0.146. The van der Waals surface area contributed by atoms with E-state index in [0.717, 1.165) is 17.9 Å². The lowest BCUT2D eigenvalue weighted by Crippen LogP contribution is -2.59. The van der Waals surface area contributed by atoms with Gasteiger partial charge < -0.3 is 4.90 Å². The average Bonchev–Trinajstić information content (AvgIpc) is 2.75. The zero-order valence-electron chi connectivity index (χ0n) is 8.74. The molecule has 0 radical (unpaired) electrons. The molecule has 4 heteroatoms. The maximum atomic E-state index is 11.7. The van der Waals surface area contributed by atoms with Crippen LogP contribution >= 0.6 is 11.8 Å². The highest BCUT2D eigenvalue weighted by molar-refractivity contribution is 8.00. The predicted molar refractivity (Wildman–Crippen MR) is 65.8 cm³/mol. The standard InChI is InChI=1S/C12H12N2OS/c15-11-10(12-14(11)6-7-16-12)13-8-9-4-2-1-3-5-9/h1-5,8,10,12H,6-7H2/t10?,12-/m1/s1. The molecule has 0 aliphatic carbocycles. The van der Waals surface area contributed by atoms with Crippen molar-refractivity contribution in [3.63, 3.8) is 0 Å². The Bertz CT molecular complexity index is 432. The molecule has 1 aromatic rings. The number of aliphatic imine (C=N–C) groups is 1. The lowest BCUT2D eigenvalue weighted by Gasteiger charge is -2.39. The zero-order valence-corrected chi connectivity index (χ0v) is 9.56. The van der Waals surface area contributed by atoms with Crippen LogP contribution in [0, 0.1) is 0 Å². The van der Waals surface area contributed by atoms with Crippen molar-refractivity contribution in [3.05, 3.63) is 35.9 Å². The van der Waals surface area contributed by atoms with Crippen LogP contribution in [0.2, 0.25) is 0 Å². The fourth-order valence-electron chi connectivity index (χ4n) is 2.04. The first kappa shape index (κ1) is 9.90. The molecule has 0 N–H and O–H groups in total. The third-order valence-corrected chi connectivity index (χ3v) is 4.19. The van der Waals surface area contributed by atoms with Crippen molar-refractivity contribution >= 4 is 23.9 Å². The van der Waals surface area contributed by atoms with Gasteiger partial charge in [0.15, 0.2) is 6.04 Å². The van der Waals surface area contributed by atoms with Gasteiger partial charge in [0.25, 0.3) is 5.91 Å². The molecule has 2 aliphatic rings. The highest BCUT2D eigenvalue weighted by atomic mass is 32.2. The van der Waals surface area contributed by atoms with Gasteiger partial charge in [-0.15, -0.1) is 11.8 Å². The Labute approximate surface area is 98.5 Å². The molecule has 2 aliphatic heterocycles. The number of benzene rings is 1. The molecule has 2 saturated heterocycles. The van der Waals surface area contributed by atoms with Gasteiger partial charge in [0.05, 0.1) is 0 Å². The summed E-state index contributed by atoms with van der Waals surface area (Å²) in [6.07, 6.45) is 1.80. The second-order valence-electron chi connectivity index (χ2n) is 3.93. The first-order chi connectivity index (χ1) is 7.86. The molecule has 82 valence electrons. The van der Waals surface area contributed by atoms with E-state index in [9.17, 15) is 4.79 Å². The third-order valence-electron chi connectivity index (χ3n) is 2.92. The zero-order chi connectivity index (χ0) is 11.0. The van der Waals surface area contributed by atoms with E-state index in [1.54, 1.807) is 6.21 Å². The molecule has 1 aromatic carbocycles. The fraction of sp³-hybridized carbons (Fsp3) is 0.333. The van der Waals surface area contributed by atoms with Crippen LogP contribution < -0.4 is 0 Å². The number of carbonyl (C=O) groups is 1. The molecule has 16 heavy (non-hydrogen) atoms. The molecule has 1 amide bonds. The van der Waals surface area contributed by atoms with E-state index in [-0.39, 0.29) is 11.9 Å². The number of nitrogens with zero attached hydrogens (tertiary/aromatic N) is 2. The van der Waals surface area contributed by atoms with E-state index in [4.69, 9.17) is 0 Å². The summed E-state index contributed by atoms with van der Waals surface area (Å²) >= 11 is 1.83. The number of β-lactam (4-membered cyclic amide) rings is 1. The van der Waals surface area contributed by atoms with Gasteiger partial charge >= 0.3 is 0 Å². The Hall–Kier alpha value is -1.29. The molecule has 2 atom stereocenters. The Kier molecular flexibility index (Phi) is 2.44. The molecule has 0 bridgehead atoms. The monoisotopic (exact) mass is 232 g/mol. The quantitative estimate of drug-likeness (QED) is 0.570. The van der Waals surface area contributed by atoms with Crippen LogP contribution in [0.3, 0.4) is 0 Å². The molecule has 2 fully saturated rings. The second kappa shape index (κ2) is 3.94. The van der Waals surface area contributed by atoms with Gasteiger partial charge in [-0.25, -0.2) is 0 Å². The lowest BCUT2D eigenvalue weighted by molar-refractivity contribution is -0.142. The van der Waals surface area contributed by atoms with Crippen molar-refractivity contribution in [2.24, 2.45) is 4.99 Å².